The minimum absolute atomic E-state index is 0.0557. The molecule has 0 aliphatic carbocycles. The van der Waals surface area contributed by atoms with Gasteiger partial charge in [-0.3, -0.25) is 0 Å². The minimum Gasteiger partial charge on any atom is -0.489 e. The van der Waals surface area contributed by atoms with Gasteiger partial charge in [0.25, 0.3) is 0 Å². The lowest BCUT2D eigenvalue weighted by molar-refractivity contribution is 0.235. The molecule has 2 nitrogen and oxygen atoms in total. The Kier molecular flexibility index (Phi) is 4.50. The van der Waals surface area contributed by atoms with Crippen LogP contribution in [0, 0.1) is 0 Å². The summed E-state index contributed by atoms with van der Waals surface area (Å²) >= 11 is 5.88. The molecule has 3 heteroatoms. The average Bonchev–Trinajstić information content (AvgIpc) is 2.55. The smallest absolute Gasteiger partial charge is 0.119 e. The van der Waals surface area contributed by atoms with Crippen molar-refractivity contribution in [2.24, 2.45) is 0 Å². The van der Waals surface area contributed by atoms with Crippen molar-refractivity contribution >= 4 is 28.1 Å². The largest absolute Gasteiger partial charge is 0.489 e. The van der Waals surface area contributed by atoms with Gasteiger partial charge in [-0.2, -0.15) is 0 Å². The third-order valence-electron chi connectivity index (χ3n) is 3.52. The van der Waals surface area contributed by atoms with E-state index in [1.165, 1.54) is 10.8 Å². The first-order chi connectivity index (χ1) is 10.7. The zero-order chi connectivity index (χ0) is 15.4. The fraction of sp³-hybridized carbons (Fsp3) is 0.158. The van der Waals surface area contributed by atoms with Crippen LogP contribution in [0.15, 0.2) is 66.7 Å². The second-order valence-corrected chi connectivity index (χ2v) is 5.73. The van der Waals surface area contributed by atoms with Crippen LogP contribution in [0.4, 0.5) is 5.69 Å². The predicted molar refractivity (Wildman–Crippen MR) is 94.0 cm³/mol. The molecule has 1 unspecified atom stereocenters. The molecule has 3 aromatic carbocycles. The maximum Gasteiger partial charge on any atom is 0.119 e. The van der Waals surface area contributed by atoms with Crippen LogP contribution in [0.3, 0.4) is 0 Å². The first kappa shape index (κ1) is 14.7. The summed E-state index contributed by atoms with van der Waals surface area (Å²) in [6, 6.07) is 22.1. The lowest BCUT2D eigenvalue weighted by Crippen LogP contribution is -2.22. The SMILES string of the molecule is CC(CNc1cccc2ccccc12)Oc1ccc(Cl)cc1. The molecule has 3 aromatic rings. The van der Waals surface area contributed by atoms with E-state index < -0.39 is 0 Å². The zero-order valence-corrected chi connectivity index (χ0v) is 13.2. The van der Waals surface area contributed by atoms with E-state index >= 15 is 0 Å². The monoisotopic (exact) mass is 311 g/mol. The average molecular weight is 312 g/mol. The minimum atomic E-state index is 0.0557. The van der Waals surface area contributed by atoms with Crippen molar-refractivity contribution < 1.29 is 4.74 Å². The van der Waals surface area contributed by atoms with Gasteiger partial charge in [0.2, 0.25) is 0 Å². The first-order valence-electron chi connectivity index (χ1n) is 7.36. The topological polar surface area (TPSA) is 21.3 Å². The highest BCUT2D eigenvalue weighted by Crippen LogP contribution is 2.23. The van der Waals surface area contributed by atoms with E-state index in [2.05, 4.69) is 47.8 Å². The van der Waals surface area contributed by atoms with Crippen molar-refractivity contribution in [1.29, 1.82) is 0 Å². The summed E-state index contributed by atoms with van der Waals surface area (Å²) in [5.41, 5.74) is 1.13. The Morgan fingerprint density at radius 3 is 2.50 bits per heavy atom. The molecule has 0 saturated heterocycles. The molecule has 22 heavy (non-hydrogen) atoms. The molecule has 3 rings (SSSR count). The molecule has 0 aromatic heterocycles. The zero-order valence-electron chi connectivity index (χ0n) is 12.4. The number of rotatable bonds is 5. The number of ether oxygens (including phenoxy) is 1. The molecule has 0 amide bonds. The molecule has 112 valence electrons. The van der Waals surface area contributed by atoms with Crippen molar-refractivity contribution in [3.05, 3.63) is 71.8 Å². The van der Waals surface area contributed by atoms with E-state index in [0.717, 1.165) is 18.0 Å². The highest BCUT2D eigenvalue weighted by molar-refractivity contribution is 6.30. The molecular weight excluding hydrogens is 294 g/mol. The molecule has 1 N–H and O–H groups in total. The second kappa shape index (κ2) is 6.71. The van der Waals surface area contributed by atoms with Gasteiger partial charge in [0.05, 0.1) is 6.54 Å². The van der Waals surface area contributed by atoms with Crippen LogP contribution >= 0.6 is 11.6 Å². The fourth-order valence-corrected chi connectivity index (χ4v) is 2.55. The highest BCUT2D eigenvalue weighted by Gasteiger charge is 2.05. The highest BCUT2D eigenvalue weighted by atomic mass is 35.5. The summed E-state index contributed by atoms with van der Waals surface area (Å²) in [5, 5.41) is 6.65. The number of hydrogen-bond donors (Lipinski definition) is 1. The van der Waals surface area contributed by atoms with Gasteiger partial charge >= 0.3 is 0 Å². The number of nitrogens with one attached hydrogen (secondary N) is 1. The van der Waals surface area contributed by atoms with Crippen LogP contribution in [-0.4, -0.2) is 12.6 Å². The van der Waals surface area contributed by atoms with Crippen molar-refractivity contribution in [2.45, 2.75) is 13.0 Å². The molecule has 0 bridgehead atoms. The molecule has 0 spiro atoms. The standard InChI is InChI=1S/C19H18ClNO/c1-14(22-17-11-9-16(20)10-12-17)13-21-19-8-4-6-15-5-2-3-7-18(15)19/h2-12,14,21H,13H2,1H3. The second-order valence-electron chi connectivity index (χ2n) is 5.29. The summed E-state index contributed by atoms with van der Waals surface area (Å²) < 4.78 is 5.88. The van der Waals surface area contributed by atoms with Gasteiger partial charge < -0.3 is 10.1 Å². The van der Waals surface area contributed by atoms with Crippen LogP contribution in [-0.2, 0) is 0 Å². The van der Waals surface area contributed by atoms with Crippen LogP contribution in [0.5, 0.6) is 5.75 Å². The van der Waals surface area contributed by atoms with Gasteiger partial charge in [-0.25, -0.2) is 0 Å². The third kappa shape index (κ3) is 3.52. The summed E-state index contributed by atoms with van der Waals surface area (Å²) in [6.45, 7) is 2.78. The van der Waals surface area contributed by atoms with E-state index in [-0.39, 0.29) is 6.10 Å². The Morgan fingerprint density at radius 2 is 1.68 bits per heavy atom. The molecular formula is C19H18ClNO. The van der Waals surface area contributed by atoms with Crippen LogP contribution in [0.1, 0.15) is 6.92 Å². The lowest BCUT2D eigenvalue weighted by Gasteiger charge is -2.17. The Bertz CT molecular complexity index is 749. The van der Waals surface area contributed by atoms with E-state index in [1.54, 1.807) is 0 Å². The van der Waals surface area contributed by atoms with Crippen LogP contribution in [0.2, 0.25) is 5.02 Å². The summed E-state index contributed by atoms with van der Waals surface area (Å²) in [5.74, 6) is 0.830. The number of halogens is 1. The Morgan fingerprint density at radius 1 is 0.955 bits per heavy atom. The van der Waals surface area contributed by atoms with E-state index in [0.29, 0.717) is 5.02 Å². The van der Waals surface area contributed by atoms with Crippen molar-refractivity contribution in [2.75, 3.05) is 11.9 Å². The van der Waals surface area contributed by atoms with Crippen LogP contribution < -0.4 is 10.1 Å². The maximum atomic E-state index is 5.88. The Hall–Kier alpha value is -2.19. The number of hydrogen-bond acceptors (Lipinski definition) is 2. The molecule has 0 heterocycles. The summed E-state index contributed by atoms with van der Waals surface area (Å²) in [6.07, 6.45) is 0.0557. The van der Waals surface area contributed by atoms with Gasteiger partial charge in [0, 0.05) is 16.1 Å². The fourth-order valence-electron chi connectivity index (χ4n) is 2.42. The van der Waals surface area contributed by atoms with Gasteiger partial charge in [-0.1, -0.05) is 48.0 Å². The van der Waals surface area contributed by atoms with E-state index in [1.807, 2.05) is 31.2 Å². The van der Waals surface area contributed by atoms with Gasteiger partial charge in [0.1, 0.15) is 11.9 Å². The van der Waals surface area contributed by atoms with Crippen LogP contribution in [0.25, 0.3) is 10.8 Å². The van der Waals surface area contributed by atoms with Gasteiger partial charge in [0.15, 0.2) is 0 Å². The number of anilines is 1. The van der Waals surface area contributed by atoms with E-state index in [9.17, 15) is 0 Å². The Labute approximate surface area is 135 Å². The number of benzene rings is 3. The quantitative estimate of drug-likeness (QED) is 0.683. The summed E-state index contributed by atoms with van der Waals surface area (Å²) in [7, 11) is 0. The lowest BCUT2D eigenvalue weighted by atomic mass is 10.1. The molecule has 0 saturated carbocycles. The maximum absolute atomic E-state index is 5.88. The third-order valence-corrected chi connectivity index (χ3v) is 3.77. The van der Waals surface area contributed by atoms with Gasteiger partial charge in [-0.15, -0.1) is 0 Å². The van der Waals surface area contributed by atoms with Crippen molar-refractivity contribution in [1.82, 2.24) is 0 Å². The molecule has 0 aliphatic rings. The van der Waals surface area contributed by atoms with Crippen molar-refractivity contribution in [3.8, 4) is 5.75 Å². The van der Waals surface area contributed by atoms with Gasteiger partial charge in [-0.05, 0) is 42.6 Å². The molecule has 0 radical (unpaired) electrons. The predicted octanol–water partition coefficient (Wildman–Crippen LogP) is 5.37. The molecule has 0 aliphatic heterocycles. The van der Waals surface area contributed by atoms with Crippen molar-refractivity contribution in [3.63, 3.8) is 0 Å². The normalized spacial score (nSPS) is 12.1. The Balaban J connectivity index is 1.65. The first-order valence-corrected chi connectivity index (χ1v) is 7.74. The molecule has 0 fully saturated rings. The summed E-state index contributed by atoms with van der Waals surface area (Å²) in [4.78, 5) is 0. The van der Waals surface area contributed by atoms with E-state index in [4.69, 9.17) is 16.3 Å². The molecule has 1 atom stereocenters. The number of fused-ring (bicyclic) bond motifs is 1.